The number of hydrogen-bond acceptors (Lipinski definition) is 3. The minimum absolute atomic E-state index is 0.0875. The van der Waals surface area contributed by atoms with Crippen LogP contribution in [0.3, 0.4) is 0 Å². The van der Waals surface area contributed by atoms with Gasteiger partial charge in [0.05, 0.1) is 18.7 Å². The number of hydrogen-bond donors (Lipinski definition) is 0. The molecule has 0 heterocycles. The van der Waals surface area contributed by atoms with Crippen molar-refractivity contribution in [2.75, 3.05) is 20.8 Å². The molecule has 0 aromatic heterocycles. The van der Waals surface area contributed by atoms with Gasteiger partial charge in [-0.05, 0) is 43.2 Å². The summed E-state index contributed by atoms with van der Waals surface area (Å²) in [6.07, 6.45) is 3.25. The van der Waals surface area contributed by atoms with Gasteiger partial charge in [-0.1, -0.05) is 41.4 Å². The summed E-state index contributed by atoms with van der Waals surface area (Å²) in [4.78, 5) is 14.0. The van der Waals surface area contributed by atoms with Crippen LogP contribution in [0, 0.1) is 6.92 Å². The quantitative estimate of drug-likeness (QED) is 0.659. The Bertz CT molecular complexity index is 785. The molecule has 0 aliphatic rings. The van der Waals surface area contributed by atoms with Crippen LogP contribution in [0.1, 0.15) is 23.6 Å². The molecule has 0 fully saturated rings. The fourth-order valence-corrected chi connectivity index (χ4v) is 2.78. The Morgan fingerprint density at radius 1 is 1.23 bits per heavy atom. The van der Waals surface area contributed by atoms with Crippen molar-refractivity contribution in [3.63, 3.8) is 0 Å². The van der Waals surface area contributed by atoms with Gasteiger partial charge in [0.25, 0.3) is 0 Å². The third-order valence-electron chi connectivity index (χ3n) is 3.87. The molecule has 2 aromatic carbocycles. The first-order chi connectivity index (χ1) is 12.4. The van der Waals surface area contributed by atoms with E-state index >= 15 is 0 Å². The van der Waals surface area contributed by atoms with E-state index in [4.69, 9.17) is 21.1 Å². The van der Waals surface area contributed by atoms with Crippen LogP contribution in [0.5, 0.6) is 11.5 Å². The Hall–Kier alpha value is -2.46. The second kappa shape index (κ2) is 9.30. The van der Waals surface area contributed by atoms with Gasteiger partial charge in [-0.2, -0.15) is 0 Å². The number of halogens is 1. The highest BCUT2D eigenvalue weighted by Gasteiger charge is 2.11. The van der Waals surface area contributed by atoms with Crippen molar-refractivity contribution >= 4 is 23.6 Å². The number of ether oxygens (including phenoxy) is 2. The zero-order valence-corrected chi connectivity index (χ0v) is 16.3. The summed E-state index contributed by atoms with van der Waals surface area (Å²) in [6.45, 7) is 4.98. The van der Waals surface area contributed by atoms with Crippen molar-refractivity contribution in [1.29, 1.82) is 0 Å². The zero-order chi connectivity index (χ0) is 19.1. The van der Waals surface area contributed by atoms with E-state index in [2.05, 4.69) is 0 Å². The van der Waals surface area contributed by atoms with Crippen molar-refractivity contribution in [3.05, 3.63) is 64.2 Å². The molecule has 0 spiro atoms. The predicted octanol–water partition coefficient (Wildman–Crippen LogP) is 4.73. The number of amides is 1. The molecule has 2 aromatic rings. The topological polar surface area (TPSA) is 38.8 Å². The van der Waals surface area contributed by atoms with Gasteiger partial charge in [0.2, 0.25) is 5.91 Å². The Balaban J connectivity index is 2.10. The standard InChI is InChI=1S/C21H24ClNO3/c1-5-26-19-13-17(12-18(22)21(19)25-4)10-11-20(24)23(3)14-16-8-6-15(2)7-9-16/h6-13H,5,14H2,1-4H3/b11-10+. The van der Waals surface area contributed by atoms with Crippen molar-refractivity contribution < 1.29 is 14.3 Å². The lowest BCUT2D eigenvalue weighted by Gasteiger charge is -2.15. The normalized spacial score (nSPS) is 10.8. The van der Waals surface area contributed by atoms with Crippen LogP contribution in [0.2, 0.25) is 5.02 Å². The number of carbonyl (C=O) groups is 1. The van der Waals surface area contributed by atoms with Gasteiger partial charge in [-0.3, -0.25) is 4.79 Å². The highest BCUT2D eigenvalue weighted by molar-refractivity contribution is 6.32. The Morgan fingerprint density at radius 2 is 1.92 bits per heavy atom. The summed E-state index contributed by atoms with van der Waals surface area (Å²) >= 11 is 6.23. The molecule has 0 unspecified atom stereocenters. The van der Waals surface area contributed by atoms with Gasteiger partial charge < -0.3 is 14.4 Å². The molecular weight excluding hydrogens is 350 g/mol. The van der Waals surface area contributed by atoms with Gasteiger partial charge in [0, 0.05) is 19.7 Å². The first-order valence-corrected chi connectivity index (χ1v) is 8.81. The molecule has 5 heteroatoms. The second-order valence-electron chi connectivity index (χ2n) is 5.98. The van der Waals surface area contributed by atoms with Gasteiger partial charge in [0.1, 0.15) is 0 Å². The lowest BCUT2D eigenvalue weighted by molar-refractivity contribution is -0.125. The summed E-state index contributed by atoms with van der Waals surface area (Å²) in [7, 11) is 3.32. The summed E-state index contributed by atoms with van der Waals surface area (Å²) in [5.74, 6) is 0.964. The van der Waals surface area contributed by atoms with Gasteiger partial charge in [-0.15, -0.1) is 0 Å². The molecular formula is C21H24ClNO3. The van der Waals surface area contributed by atoms with E-state index in [9.17, 15) is 4.79 Å². The largest absolute Gasteiger partial charge is 0.491 e. The molecule has 0 atom stereocenters. The van der Waals surface area contributed by atoms with E-state index in [0.29, 0.717) is 29.7 Å². The summed E-state index contributed by atoms with van der Waals surface area (Å²) in [6, 6.07) is 11.7. The number of rotatable bonds is 7. The van der Waals surface area contributed by atoms with E-state index in [1.54, 1.807) is 37.3 Å². The number of nitrogens with zero attached hydrogens (tertiary/aromatic N) is 1. The maximum Gasteiger partial charge on any atom is 0.246 e. The molecule has 0 radical (unpaired) electrons. The molecule has 0 N–H and O–H groups in total. The number of methoxy groups -OCH3 is 1. The Labute approximate surface area is 160 Å². The fourth-order valence-electron chi connectivity index (χ4n) is 2.49. The molecule has 0 aliphatic carbocycles. The molecule has 138 valence electrons. The summed E-state index contributed by atoms with van der Waals surface area (Å²) < 4.78 is 10.8. The third kappa shape index (κ3) is 5.27. The molecule has 0 saturated carbocycles. The van der Waals surface area contributed by atoms with E-state index < -0.39 is 0 Å². The smallest absolute Gasteiger partial charge is 0.246 e. The molecule has 0 saturated heterocycles. The van der Waals surface area contributed by atoms with E-state index in [1.165, 1.54) is 11.6 Å². The second-order valence-corrected chi connectivity index (χ2v) is 6.39. The van der Waals surface area contributed by atoms with Crippen LogP contribution in [0.4, 0.5) is 0 Å². The Morgan fingerprint density at radius 3 is 2.54 bits per heavy atom. The highest BCUT2D eigenvalue weighted by atomic mass is 35.5. The first-order valence-electron chi connectivity index (χ1n) is 8.43. The van der Waals surface area contributed by atoms with E-state index in [1.807, 2.05) is 38.1 Å². The first kappa shape index (κ1) is 19.9. The summed E-state index contributed by atoms with van der Waals surface area (Å²) in [5.41, 5.74) is 3.06. The third-order valence-corrected chi connectivity index (χ3v) is 4.15. The molecule has 2 rings (SSSR count). The Kier molecular flexibility index (Phi) is 7.10. The molecule has 26 heavy (non-hydrogen) atoms. The maximum atomic E-state index is 12.4. The highest BCUT2D eigenvalue weighted by Crippen LogP contribution is 2.36. The van der Waals surface area contributed by atoms with Crippen LogP contribution < -0.4 is 9.47 Å². The van der Waals surface area contributed by atoms with Gasteiger partial charge in [0.15, 0.2) is 11.5 Å². The minimum atomic E-state index is -0.0875. The van der Waals surface area contributed by atoms with Crippen LogP contribution in [0.15, 0.2) is 42.5 Å². The van der Waals surface area contributed by atoms with Crippen LogP contribution in [-0.4, -0.2) is 31.6 Å². The van der Waals surface area contributed by atoms with Crippen LogP contribution in [0.25, 0.3) is 6.08 Å². The predicted molar refractivity (Wildman–Crippen MR) is 106 cm³/mol. The van der Waals surface area contributed by atoms with Crippen molar-refractivity contribution in [1.82, 2.24) is 4.90 Å². The van der Waals surface area contributed by atoms with Crippen LogP contribution >= 0.6 is 11.6 Å². The van der Waals surface area contributed by atoms with Crippen molar-refractivity contribution in [2.24, 2.45) is 0 Å². The molecule has 0 bridgehead atoms. The summed E-state index contributed by atoms with van der Waals surface area (Å²) in [5, 5.41) is 0.443. The average Bonchev–Trinajstić information content (AvgIpc) is 2.61. The monoisotopic (exact) mass is 373 g/mol. The SMILES string of the molecule is CCOc1cc(/C=C/C(=O)N(C)Cc2ccc(C)cc2)cc(Cl)c1OC. The molecule has 1 amide bonds. The van der Waals surface area contributed by atoms with Gasteiger partial charge in [-0.25, -0.2) is 0 Å². The maximum absolute atomic E-state index is 12.4. The lowest BCUT2D eigenvalue weighted by atomic mass is 10.1. The van der Waals surface area contributed by atoms with E-state index in [-0.39, 0.29) is 5.91 Å². The fraction of sp³-hybridized carbons (Fsp3) is 0.286. The number of likely N-dealkylation sites (N-methyl/N-ethyl adjacent to an activating group) is 1. The number of carbonyl (C=O) groups excluding carboxylic acids is 1. The van der Waals surface area contributed by atoms with Gasteiger partial charge >= 0.3 is 0 Å². The number of aryl methyl sites for hydroxylation is 1. The van der Waals surface area contributed by atoms with Crippen LogP contribution in [-0.2, 0) is 11.3 Å². The van der Waals surface area contributed by atoms with Crippen molar-refractivity contribution in [3.8, 4) is 11.5 Å². The minimum Gasteiger partial charge on any atom is -0.491 e. The zero-order valence-electron chi connectivity index (χ0n) is 15.6. The van der Waals surface area contributed by atoms with E-state index in [0.717, 1.165) is 11.1 Å². The lowest BCUT2D eigenvalue weighted by Crippen LogP contribution is -2.24. The molecule has 0 aliphatic heterocycles. The average molecular weight is 374 g/mol. The number of benzene rings is 2. The molecule has 4 nitrogen and oxygen atoms in total. The van der Waals surface area contributed by atoms with Crippen molar-refractivity contribution in [2.45, 2.75) is 20.4 Å².